The summed E-state index contributed by atoms with van der Waals surface area (Å²) in [6.45, 7) is 0.434. The van der Waals surface area contributed by atoms with Gasteiger partial charge in [0.05, 0.1) is 6.26 Å². The molecule has 0 amide bonds. The summed E-state index contributed by atoms with van der Waals surface area (Å²) in [5.74, 6) is 2.42. The molecule has 1 N–H and O–H groups in total. The van der Waals surface area contributed by atoms with Crippen LogP contribution in [0.1, 0.15) is 12.8 Å². The van der Waals surface area contributed by atoms with Crippen molar-refractivity contribution in [3.05, 3.63) is 0 Å². The summed E-state index contributed by atoms with van der Waals surface area (Å²) in [6.07, 6.45) is 7.39. The number of hydrogen-bond donors (Lipinski definition) is 1. The van der Waals surface area contributed by atoms with Crippen LogP contribution in [0.15, 0.2) is 0 Å². The van der Waals surface area contributed by atoms with Crippen LogP contribution in [0.3, 0.4) is 0 Å². The predicted molar refractivity (Wildman–Crippen MR) is 40.9 cm³/mol. The van der Waals surface area contributed by atoms with Crippen molar-refractivity contribution < 1.29 is 8.42 Å². The summed E-state index contributed by atoms with van der Waals surface area (Å²) in [5, 5.41) is 0. The van der Waals surface area contributed by atoms with Crippen molar-refractivity contribution in [2.24, 2.45) is 0 Å². The molecule has 4 heteroatoms. The lowest BCUT2D eigenvalue weighted by Gasteiger charge is -1.97. The molecule has 0 saturated carbocycles. The lowest BCUT2D eigenvalue weighted by atomic mass is 10.3. The minimum absolute atomic E-state index is 0.434. The number of rotatable bonds is 4. The van der Waals surface area contributed by atoms with Crippen molar-refractivity contribution in [2.75, 3.05) is 12.8 Å². The van der Waals surface area contributed by atoms with E-state index in [0.717, 1.165) is 6.26 Å². The van der Waals surface area contributed by atoms with Crippen LogP contribution in [0, 0.1) is 12.3 Å². The van der Waals surface area contributed by atoms with E-state index in [9.17, 15) is 8.42 Å². The smallest absolute Gasteiger partial charge is 0.208 e. The molecule has 0 unspecified atom stereocenters. The average molecular weight is 161 g/mol. The van der Waals surface area contributed by atoms with Crippen molar-refractivity contribution >= 4 is 10.0 Å². The lowest BCUT2D eigenvalue weighted by Crippen LogP contribution is -2.22. The Morgan fingerprint density at radius 1 is 1.60 bits per heavy atom. The quantitative estimate of drug-likeness (QED) is 0.464. The van der Waals surface area contributed by atoms with Gasteiger partial charge in [-0.1, -0.05) is 0 Å². The predicted octanol–water partition coefficient (Wildman–Crippen LogP) is -0.0510. The molecule has 3 nitrogen and oxygen atoms in total. The van der Waals surface area contributed by atoms with Gasteiger partial charge in [0.2, 0.25) is 10.0 Å². The molecule has 58 valence electrons. The molecule has 0 aromatic heterocycles. The molecule has 0 spiro atoms. The summed E-state index contributed by atoms with van der Waals surface area (Å²) < 4.78 is 23.2. The van der Waals surface area contributed by atoms with E-state index >= 15 is 0 Å². The molecule has 0 atom stereocenters. The highest BCUT2D eigenvalue weighted by molar-refractivity contribution is 7.88. The van der Waals surface area contributed by atoms with Gasteiger partial charge in [-0.25, -0.2) is 13.1 Å². The Morgan fingerprint density at radius 2 is 2.20 bits per heavy atom. The Hall–Kier alpha value is -0.530. The van der Waals surface area contributed by atoms with Crippen LogP contribution in [-0.2, 0) is 10.0 Å². The summed E-state index contributed by atoms with van der Waals surface area (Å²) in [5.41, 5.74) is 0. The SMILES string of the molecule is C#CCCCNS(C)(=O)=O. The molecule has 0 aliphatic rings. The second kappa shape index (κ2) is 4.31. The molecule has 0 rings (SSSR count). The lowest BCUT2D eigenvalue weighted by molar-refractivity contribution is 0.586. The van der Waals surface area contributed by atoms with E-state index in [1.54, 1.807) is 0 Å². The van der Waals surface area contributed by atoms with E-state index in [4.69, 9.17) is 6.42 Å². The third kappa shape index (κ3) is 7.47. The zero-order chi connectivity index (χ0) is 8.04. The van der Waals surface area contributed by atoms with Crippen LogP contribution in [0.2, 0.25) is 0 Å². The van der Waals surface area contributed by atoms with Gasteiger partial charge in [-0.3, -0.25) is 0 Å². The molecular weight excluding hydrogens is 150 g/mol. The van der Waals surface area contributed by atoms with Crippen molar-refractivity contribution in [3.8, 4) is 12.3 Å². The first kappa shape index (κ1) is 9.47. The van der Waals surface area contributed by atoms with Gasteiger partial charge in [0.25, 0.3) is 0 Å². The van der Waals surface area contributed by atoms with Crippen LogP contribution in [-0.4, -0.2) is 21.2 Å². The first-order valence-electron chi connectivity index (χ1n) is 2.94. The Kier molecular flexibility index (Phi) is 4.08. The van der Waals surface area contributed by atoms with E-state index in [-0.39, 0.29) is 0 Å². The fourth-order valence-electron chi connectivity index (χ4n) is 0.448. The second-order valence-corrected chi connectivity index (χ2v) is 3.81. The fraction of sp³-hybridized carbons (Fsp3) is 0.667. The zero-order valence-corrected chi connectivity index (χ0v) is 6.74. The number of unbranched alkanes of at least 4 members (excludes halogenated alkanes) is 1. The van der Waals surface area contributed by atoms with Gasteiger partial charge in [0, 0.05) is 13.0 Å². The van der Waals surface area contributed by atoms with Gasteiger partial charge in [0.1, 0.15) is 0 Å². The molecule has 0 aliphatic heterocycles. The Bertz CT molecular complexity index is 212. The summed E-state index contributed by atoms with van der Waals surface area (Å²) >= 11 is 0. The summed E-state index contributed by atoms with van der Waals surface area (Å²) in [7, 11) is -3.02. The third-order valence-corrected chi connectivity index (χ3v) is 1.59. The molecule has 0 heterocycles. The van der Waals surface area contributed by atoms with Gasteiger partial charge >= 0.3 is 0 Å². The minimum atomic E-state index is -3.02. The van der Waals surface area contributed by atoms with Crippen LogP contribution in [0.5, 0.6) is 0 Å². The van der Waals surface area contributed by atoms with E-state index in [2.05, 4.69) is 10.6 Å². The molecular formula is C6H11NO2S. The van der Waals surface area contributed by atoms with Gasteiger partial charge in [-0.2, -0.15) is 0 Å². The number of nitrogens with one attached hydrogen (secondary N) is 1. The van der Waals surface area contributed by atoms with Crippen molar-refractivity contribution in [2.45, 2.75) is 12.8 Å². The van der Waals surface area contributed by atoms with Gasteiger partial charge in [-0.15, -0.1) is 12.3 Å². The number of terminal acetylenes is 1. The fourth-order valence-corrected chi connectivity index (χ4v) is 0.963. The number of hydrogen-bond acceptors (Lipinski definition) is 2. The zero-order valence-electron chi connectivity index (χ0n) is 5.92. The molecule has 0 aliphatic carbocycles. The Balaban J connectivity index is 3.32. The van der Waals surface area contributed by atoms with Gasteiger partial charge < -0.3 is 0 Å². The Morgan fingerprint density at radius 3 is 2.60 bits per heavy atom. The van der Waals surface area contributed by atoms with E-state index in [0.29, 0.717) is 19.4 Å². The first-order chi connectivity index (χ1) is 4.56. The molecule has 10 heavy (non-hydrogen) atoms. The Labute approximate surface area is 61.9 Å². The third-order valence-electron chi connectivity index (χ3n) is 0.862. The average Bonchev–Trinajstić information content (AvgIpc) is 1.78. The maximum Gasteiger partial charge on any atom is 0.208 e. The van der Waals surface area contributed by atoms with Crippen molar-refractivity contribution in [3.63, 3.8) is 0 Å². The second-order valence-electron chi connectivity index (χ2n) is 1.97. The molecule has 0 fully saturated rings. The van der Waals surface area contributed by atoms with Crippen LogP contribution < -0.4 is 4.72 Å². The highest BCUT2D eigenvalue weighted by Crippen LogP contribution is 1.83. The summed E-state index contributed by atoms with van der Waals surface area (Å²) in [6, 6.07) is 0. The van der Waals surface area contributed by atoms with E-state index < -0.39 is 10.0 Å². The molecule has 0 bridgehead atoms. The first-order valence-corrected chi connectivity index (χ1v) is 4.83. The highest BCUT2D eigenvalue weighted by Gasteiger charge is 1.96. The normalized spacial score (nSPS) is 10.8. The standard InChI is InChI=1S/C6H11NO2S/c1-3-4-5-6-7-10(2,8)9/h1,7H,4-6H2,2H3. The minimum Gasteiger partial charge on any atom is -0.215 e. The van der Waals surface area contributed by atoms with Gasteiger partial charge in [0.15, 0.2) is 0 Å². The maximum absolute atomic E-state index is 10.4. The van der Waals surface area contributed by atoms with Gasteiger partial charge in [-0.05, 0) is 6.42 Å². The van der Waals surface area contributed by atoms with E-state index in [1.165, 1.54) is 0 Å². The molecule has 0 saturated heterocycles. The van der Waals surface area contributed by atoms with Crippen LogP contribution in [0.25, 0.3) is 0 Å². The molecule has 0 aromatic carbocycles. The van der Waals surface area contributed by atoms with Crippen LogP contribution in [0.4, 0.5) is 0 Å². The molecule has 0 radical (unpaired) electrons. The topological polar surface area (TPSA) is 46.2 Å². The monoisotopic (exact) mass is 161 g/mol. The van der Waals surface area contributed by atoms with Crippen molar-refractivity contribution in [1.82, 2.24) is 4.72 Å². The van der Waals surface area contributed by atoms with E-state index in [1.807, 2.05) is 0 Å². The van der Waals surface area contributed by atoms with Crippen LogP contribution >= 0.6 is 0 Å². The summed E-state index contributed by atoms with van der Waals surface area (Å²) in [4.78, 5) is 0. The molecule has 0 aromatic rings. The number of sulfonamides is 1. The van der Waals surface area contributed by atoms with Crippen molar-refractivity contribution in [1.29, 1.82) is 0 Å². The maximum atomic E-state index is 10.4. The highest BCUT2D eigenvalue weighted by atomic mass is 32.2. The largest absolute Gasteiger partial charge is 0.215 e.